The molecule has 342 valence electrons. The highest BCUT2D eigenvalue weighted by molar-refractivity contribution is 5.71. The van der Waals surface area contributed by atoms with Crippen molar-refractivity contribution in [3.8, 4) is 0 Å². The van der Waals surface area contributed by atoms with Crippen LogP contribution in [0, 0.1) is 0 Å². The highest BCUT2D eigenvalue weighted by Gasteiger charge is 2.19. The average Bonchev–Trinajstić information content (AvgIpc) is 3.26. The van der Waals surface area contributed by atoms with Crippen LogP contribution >= 0.6 is 0 Å². The number of carbonyl (C=O) groups excluding carboxylic acids is 3. The Morgan fingerprint density at radius 3 is 1.10 bits per heavy atom. The fraction of sp³-hybridized carbons (Fsp3) is 0.582. The molecule has 0 radical (unpaired) electrons. The topological polar surface area (TPSA) is 78.9 Å². The second kappa shape index (κ2) is 48.5. The first-order valence-electron chi connectivity index (χ1n) is 24.0. The minimum absolute atomic E-state index is 0.115. The van der Waals surface area contributed by atoms with E-state index >= 15 is 0 Å². The second-order valence-corrected chi connectivity index (χ2v) is 15.3. The van der Waals surface area contributed by atoms with Gasteiger partial charge in [-0.3, -0.25) is 14.4 Å². The molecule has 0 saturated heterocycles. The van der Waals surface area contributed by atoms with E-state index in [1.807, 2.05) is 12.2 Å². The fourth-order valence-electron chi connectivity index (χ4n) is 5.93. The number of rotatable bonds is 41. The van der Waals surface area contributed by atoms with Crippen molar-refractivity contribution >= 4 is 17.9 Å². The van der Waals surface area contributed by atoms with E-state index in [-0.39, 0.29) is 44.0 Å². The van der Waals surface area contributed by atoms with Gasteiger partial charge in [0.15, 0.2) is 6.10 Å². The zero-order chi connectivity index (χ0) is 44.4. The summed E-state index contributed by atoms with van der Waals surface area (Å²) in [6, 6.07) is 0. The lowest BCUT2D eigenvalue weighted by Crippen LogP contribution is -2.30. The largest absolute Gasteiger partial charge is 0.462 e. The van der Waals surface area contributed by atoms with Crippen LogP contribution in [0.1, 0.15) is 188 Å². The fourth-order valence-corrected chi connectivity index (χ4v) is 5.93. The summed E-state index contributed by atoms with van der Waals surface area (Å²) in [5, 5.41) is 0. The number of ether oxygens (including phenoxy) is 3. The Morgan fingerprint density at radius 2 is 0.672 bits per heavy atom. The summed E-state index contributed by atoms with van der Waals surface area (Å²) in [6.07, 6.45) is 66.3. The lowest BCUT2D eigenvalue weighted by molar-refractivity contribution is -0.166. The van der Waals surface area contributed by atoms with E-state index in [0.717, 1.165) is 116 Å². The zero-order valence-corrected chi connectivity index (χ0v) is 38.9. The van der Waals surface area contributed by atoms with Crippen LogP contribution < -0.4 is 0 Å². The molecule has 0 bridgehead atoms. The van der Waals surface area contributed by atoms with Crippen LogP contribution in [0.4, 0.5) is 0 Å². The first-order chi connectivity index (χ1) is 30.0. The van der Waals surface area contributed by atoms with Crippen molar-refractivity contribution in [3.63, 3.8) is 0 Å². The molecule has 0 aromatic heterocycles. The van der Waals surface area contributed by atoms with Gasteiger partial charge in [-0.1, -0.05) is 194 Å². The van der Waals surface area contributed by atoms with E-state index in [9.17, 15) is 14.4 Å². The Kier molecular flexibility index (Phi) is 45.1. The first kappa shape index (κ1) is 56.8. The first-order valence-corrected chi connectivity index (χ1v) is 24.0. The molecule has 0 aliphatic rings. The summed E-state index contributed by atoms with van der Waals surface area (Å²) >= 11 is 0. The van der Waals surface area contributed by atoms with E-state index < -0.39 is 6.10 Å². The average molecular weight is 843 g/mol. The number of unbranched alkanes of at least 4 members (excludes halogenated alkanes) is 10. The summed E-state index contributed by atoms with van der Waals surface area (Å²) in [7, 11) is 0. The molecule has 0 amide bonds. The van der Waals surface area contributed by atoms with E-state index in [1.165, 1.54) is 25.7 Å². The maximum atomic E-state index is 12.7. The minimum Gasteiger partial charge on any atom is -0.462 e. The molecule has 0 saturated carbocycles. The minimum atomic E-state index is -0.821. The van der Waals surface area contributed by atoms with Crippen LogP contribution in [0.25, 0.3) is 0 Å². The Labute approximate surface area is 373 Å². The van der Waals surface area contributed by atoms with Gasteiger partial charge in [0.25, 0.3) is 0 Å². The van der Waals surface area contributed by atoms with E-state index in [2.05, 4.69) is 130 Å². The third-order valence-corrected chi connectivity index (χ3v) is 9.48. The molecular weight excluding hydrogens is 757 g/mol. The molecular formula is C55H86O6. The van der Waals surface area contributed by atoms with Gasteiger partial charge in [-0.2, -0.15) is 0 Å². The Balaban J connectivity index is 4.48. The van der Waals surface area contributed by atoms with Gasteiger partial charge in [0, 0.05) is 19.3 Å². The zero-order valence-electron chi connectivity index (χ0n) is 38.9. The second-order valence-electron chi connectivity index (χ2n) is 15.3. The molecule has 0 spiro atoms. The molecule has 0 aromatic carbocycles. The number of allylic oxidation sites excluding steroid dienone is 20. The molecule has 0 N–H and O–H groups in total. The predicted molar refractivity (Wildman–Crippen MR) is 260 cm³/mol. The van der Waals surface area contributed by atoms with Crippen molar-refractivity contribution in [2.45, 2.75) is 194 Å². The van der Waals surface area contributed by atoms with Crippen LogP contribution in [0.2, 0.25) is 0 Å². The molecule has 1 unspecified atom stereocenters. The van der Waals surface area contributed by atoms with Crippen molar-refractivity contribution in [1.29, 1.82) is 0 Å². The predicted octanol–water partition coefficient (Wildman–Crippen LogP) is 15.7. The summed E-state index contributed by atoms with van der Waals surface area (Å²) in [4.78, 5) is 37.7. The van der Waals surface area contributed by atoms with Gasteiger partial charge >= 0.3 is 17.9 Å². The highest BCUT2D eigenvalue weighted by Crippen LogP contribution is 2.11. The van der Waals surface area contributed by atoms with Gasteiger partial charge in [-0.05, 0) is 96.3 Å². The molecule has 6 nitrogen and oxygen atoms in total. The molecule has 0 fully saturated rings. The number of hydrogen-bond donors (Lipinski definition) is 0. The SMILES string of the molecule is CC/C=C\C/C=C\C/C=C\C/C=C\C/C=C\C/C=C\CCC(=O)OCC(COC(=O)CCCCCCCCC)OC(=O)CCCCCC/C=C\C/C=C\C/C=C\C/C=C\CC. The highest BCUT2D eigenvalue weighted by atomic mass is 16.6. The Morgan fingerprint density at radius 1 is 0.344 bits per heavy atom. The maximum absolute atomic E-state index is 12.7. The van der Waals surface area contributed by atoms with E-state index in [4.69, 9.17) is 14.2 Å². The Hall–Kier alpha value is -4.19. The van der Waals surface area contributed by atoms with Gasteiger partial charge in [-0.15, -0.1) is 0 Å². The molecule has 6 heteroatoms. The van der Waals surface area contributed by atoms with Gasteiger partial charge in [0.05, 0.1) is 0 Å². The lowest BCUT2D eigenvalue weighted by atomic mass is 10.1. The number of hydrogen-bond acceptors (Lipinski definition) is 6. The van der Waals surface area contributed by atoms with E-state index in [1.54, 1.807) is 0 Å². The van der Waals surface area contributed by atoms with Crippen molar-refractivity contribution in [2.24, 2.45) is 0 Å². The quantitative estimate of drug-likeness (QED) is 0.0264. The summed E-state index contributed by atoms with van der Waals surface area (Å²) in [6.45, 7) is 6.25. The lowest BCUT2D eigenvalue weighted by Gasteiger charge is -2.18. The van der Waals surface area contributed by atoms with Crippen LogP contribution in [0.15, 0.2) is 122 Å². The third-order valence-electron chi connectivity index (χ3n) is 9.48. The smallest absolute Gasteiger partial charge is 0.306 e. The van der Waals surface area contributed by atoms with Crippen LogP contribution in [0.5, 0.6) is 0 Å². The number of esters is 3. The summed E-state index contributed by atoms with van der Waals surface area (Å²) in [5.74, 6) is -1.05. The Bertz CT molecular complexity index is 1340. The van der Waals surface area contributed by atoms with Gasteiger partial charge in [0.2, 0.25) is 0 Å². The third kappa shape index (κ3) is 46.7. The van der Waals surface area contributed by atoms with Crippen LogP contribution in [-0.4, -0.2) is 37.2 Å². The molecule has 1 atom stereocenters. The monoisotopic (exact) mass is 843 g/mol. The van der Waals surface area contributed by atoms with Crippen molar-refractivity contribution in [2.75, 3.05) is 13.2 Å². The molecule has 0 aliphatic carbocycles. The van der Waals surface area contributed by atoms with Gasteiger partial charge < -0.3 is 14.2 Å². The number of carbonyl (C=O) groups is 3. The summed E-state index contributed by atoms with van der Waals surface area (Å²) < 4.78 is 16.6. The van der Waals surface area contributed by atoms with Crippen molar-refractivity contribution < 1.29 is 28.6 Å². The van der Waals surface area contributed by atoms with E-state index in [0.29, 0.717) is 12.8 Å². The maximum Gasteiger partial charge on any atom is 0.306 e. The molecule has 0 rings (SSSR count). The van der Waals surface area contributed by atoms with Crippen molar-refractivity contribution in [1.82, 2.24) is 0 Å². The molecule has 0 aromatic rings. The van der Waals surface area contributed by atoms with Crippen molar-refractivity contribution in [3.05, 3.63) is 122 Å². The van der Waals surface area contributed by atoms with Gasteiger partial charge in [-0.25, -0.2) is 0 Å². The summed E-state index contributed by atoms with van der Waals surface area (Å²) in [5.41, 5.74) is 0. The van der Waals surface area contributed by atoms with Crippen LogP contribution in [-0.2, 0) is 28.6 Å². The molecule has 0 heterocycles. The molecule has 61 heavy (non-hydrogen) atoms. The molecule has 0 aliphatic heterocycles. The van der Waals surface area contributed by atoms with Crippen LogP contribution in [0.3, 0.4) is 0 Å². The standard InChI is InChI=1S/C55H86O6/c1-4-7-10-13-16-18-20-22-24-26-27-29-30-32-34-36-39-42-45-48-54(57)60-51-52(50-59-53(56)47-44-41-38-15-12-9-6-3)61-55(58)49-46-43-40-37-35-33-31-28-25-23-21-19-17-14-11-8-5-2/h7-8,10-11,16-19,22-25,27,29,31-34,39,42,52H,4-6,9,12-15,20-21,26,28,30,35-38,40-41,43-51H2,1-3H3/b10-7-,11-8-,18-16-,19-17-,24-22-,25-23-,29-27-,33-31-,34-32-,42-39-. The normalized spacial score (nSPS) is 13.2. The van der Waals surface area contributed by atoms with Gasteiger partial charge in [0.1, 0.15) is 13.2 Å².